The van der Waals surface area contributed by atoms with Crippen LogP contribution in [0.25, 0.3) is 0 Å². The van der Waals surface area contributed by atoms with Crippen LogP contribution in [0.2, 0.25) is 0 Å². The molecule has 5 nitrogen and oxygen atoms in total. The first-order chi connectivity index (χ1) is 15.3. The number of methoxy groups -OCH3 is 1. The molecule has 0 aromatic heterocycles. The van der Waals surface area contributed by atoms with Crippen LogP contribution < -0.4 is 10.6 Å². The monoisotopic (exact) mass is 432 g/mol. The quantitative estimate of drug-likeness (QED) is 0.527. The van der Waals surface area contributed by atoms with Gasteiger partial charge >= 0.3 is 5.97 Å². The Morgan fingerprint density at radius 2 is 1.66 bits per heavy atom. The molecule has 1 heterocycles. The number of hydrogen-bond acceptors (Lipinski definition) is 4. The van der Waals surface area contributed by atoms with Crippen LogP contribution in [0.3, 0.4) is 0 Å². The number of carbonyl (C=O) groups excluding carboxylic acids is 2. The summed E-state index contributed by atoms with van der Waals surface area (Å²) < 4.78 is 17.9. The van der Waals surface area contributed by atoms with Crippen molar-refractivity contribution in [1.29, 1.82) is 0 Å². The molecule has 1 unspecified atom stereocenters. The molecule has 0 fully saturated rings. The van der Waals surface area contributed by atoms with Gasteiger partial charge in [0.25, 0.3) is 5.91 Å². The highest BCUT2D eigenvalue weighted by atomic mass is 19.1. The van der Waals surface area contributed by atoms with E-state index >= 15 is 0 Å². The lowest BCUT2D eigenvalue weighted by Crippen LogP contribution is -2.35. The predicted molar refractivity (Wildman–Crippen MR) is 122 cm³/mol. The minimum Gasteiger partial charge on any atom is -0.465 e. The molecule has 0 spiro atoms. The topological polar surface area (TPSA) is 67.4 Å². The summed E-state index contributed by atoms with van der Waals surface area (Å²) >= 11 is 0. The molecule has 0 bridgehead atoms. The highest BCUT2D eigenvalue weighted by molar-refractivity contribution is 6.04. The maximum absolute atomic E-state index is 13.1. The van der Waals surface area contributed by atoms with Crippen LogP contribution in [0.1, 0.15) is 51.7 Å². The zero-order chi connectivity index (χ0) is 22.9. The molecule has 164 valence electrons. The Hall–Kier alpha value is -3.67. The normalized spacial score (nSPS) is 16.4. The molecule has 0 aliphatic carbocycles. The van der Waals surface area contributed by atoms with E-state index in [9.17, 15) is 14.0 Å². The van der Waals surface area contributed by atoms with Crippen LogP contribution in [0.4, 0.5) is 15.8 Å². The number of carbonyl (C=O) groups is 2. The Labute approximate surface area is 186 Å². The molecule has 0 radical (unpaired) electrons. The molecule has 1 aliphatic heterocycles. The molecule has 0 saturated carbocycles. The maximum Gasteiger partial charge on any atom is 0.337 e. The van der Waals surface area contributed by atoms with Crippen molar-refractivity contribution in [2.45, 2.75) is 26.3 Å². The first-order valence-corrected chi connectivity index (χ1v) is 10.4. The Balaban J connectivity index is 1.51. The summed E-state index contributed by atoms with van der Waals surface area (Å²) in [7, 11) is 1.38. The summed E-state index contributed by atoms with van der Waals surface area (Å²) in [6.07, 6.45) is 0.799. The standard InChI is InChI=1S/C26H25FN2O3/c1-26(2)15-19-14-18(25(31)32-3)8-13-22(19)29-23(26)16-6-11-21(12-7-16)28-24(30)17-4-9-20(27)10-5-17/h4-14,23,29H,15H2,1-3H3,(H,28,30). The molecular formula is C26H25FN2O3. The van der Waals surface area contributed by atoms with Crippen LogP contribution in [0.15, 0.2) is 66.7 Å². The van der Waals surface area contributed by atoms with Gasteiger partial charge in [-0.25, -0.2) is 9.18 Å². The molecular weight excluding hydrogens is 407 g/mol. The van der Waals surface area contributed by atoms with E-state index in [1.807, 2.05) is 36.4 Å². The number of nitrogens with one attached hydrogen (secondary N) is 2. The fraction of sp³-hybridized carbons (Fsp3) is 0.231. The van der Waals surface area contributed by atoms with Crippen LogP contribution in [0, 0.1) is 11.2 Å². The van der Waals surface area contributed by atoms with Gasteiger partial charge in [-0.05, 0) is 77.6 Å². The number of rotatable bonds is 4. The first-order valence-electron chi connectivity index (χ1n) is 10.4. The third-order valence-corrected chi connectivity index (χ3v) is 5.86. The minimum atomic E-state index is -0.378. The Morgan fingerprint density at radius 1 is 1.00 bits per heavy atom. The van der Waals surface area contributed by atoms with Gasteiger partial charge in [-0.2, -0.15) is 0 Å². The van der Waals surface area contributed by atoms with Crippen LogP contribution in [0.5, 0.6) is 0 Å². The van der Waals surface area contributed by atoms with E-state index in [-0.39, 0.29) is 29.2 Å². The van der Waals surface area contributed by atoms with Crippen molar-refractivity contribution in [2.75, 3.05) is 17.7 Å². The molecule has 4 rings (SSSR count). The van der Waals surface area contributed by atoms with Crippen LogP contribution in [-0.2, 0) is 11.2 Å². The minimum absolute atomic E-state index is 0.0563. The molecule has 6 heteroatoms. The third kappa shape index (κ3) is 4.35. The second-order valence-corrected chi connectivity index (χ2v) is 8.69. The van der Waals surface area contributed by atoms with E-state index in [0.29, 0.717) is 16.8 Å². The molecule has 32 heavy (non-hydrogen) atoms. The largest absolute Gasteiger partial charge is 0.465 e. The maximum atomic E-state index is 13.1. The Kier molecular flexibility index (Phi) is 5.70. The van der Waals surface area contributed by atoms with Gasteiger partial charge in [-0.15, -0.1) is 0 Å². The van der Waals surface area contributed by atoms with Crippen molar-refractivity contribution in [3.8, 4) is 0 Å². The fourth-order valence-electron chi connectivity index (χ4n) is 4.17. The van der Waals surface area contributed by atoms with Crippen LogP contribution in [-0.4, -0.2) is 19.0 Å². The first kappa shape index (κ1) is 21.6. The van der Waals surface area contributed by atoms with Gasteiger partial charge < -0.3 is 15.4 Å². The molecule has 1 atom stereocenters. The highest BCUT2D eigenvalue weighted by Gasteiger charge is 2.36. The number of hydrogen-bond donors (Lipinski definition) is 2. The van der Waals surface area contributed by atoms with E-state index in [0.717, 1.165) is 23.2 Å². The second-order valence-electron chi connectivity index (χ2n) is 8.69. The number of benzene rings is 3. The number of esters is 1. The third-order valence-electron chi connectivity index (χ3n) is 5.86. The fourth-order valence-corrected chi connectivity index (χ4v) is 4.17. The van der Waals surface area contributed by atoms with E-state index in [1.54, 1.807) is 6.07 Å². The Bertz CT molecular complexity index is 1150. The molecule has 3 aromatic carbocycles. The molecule has 2 N–H and O–H groups in total. The summed E-state index contributed by atoms with van der Waals surface area (Å²) in [6, 6.07) is 18.8. The second kappa shape index (κ2) is 8.46. The number of fused-ring (bicyclic) bond motifs is 1. The number of anilines is 2. The lowest BCUT2D eigenvalue weighted by atomic mass is 9.72. The summed E-state index contributed by atoms with van der Waals surface area (Å²) in [5.74, 6) is -1.01. The molecule has 1 aliphatic rings. The number of amides is 1. The van der Waals surface area contributed by atoms with Crippen molar-refractivity contribution in [3.63, 3.8) is 0 Å². The smallest absolute Gasteiger partial charge is 0.337 e. The molecule has 0 saturated heterocycles. The summed E-state index contributed by atoms with van der Waals surface area (Å²) in [5.41, 5.74) is 4.67. The average Bonchev–Trinajstić information content (AvgIpc) is 2.78. The lowest BCUT2D eigenvalue weighted by Gasteiger charge is -2.41. The average molecular weight is 432 g/mol. The Morgan fingerprint density at radius 3 is 2.31 bits per heavy atom. The van der Waals surface area contributed by atoms with E-state index in [4.69, 9.17) is 4.74 Å². The van der Waals surface area contributed by atoms with Crippen molar-refractivity contribution < 1.29 is 18.7 Å². The van der Waals surface area contributed by atoms with Gasteiger partial charge in [-0.3, -0.25) is 4.79 Å². The van der Waals surface area contributed by atoms with E-state index in [1.165, 1.54) is 31.4 Å². The predicted octanol–water partition coefficient (Wildman–Crippen LogP) is 5.60. The van der Waals surface area contributed by atoms with Gasteiger partial charge in [0, 0.05) is 16.9 Å². The van der Waals surface area contributed by atoms with Gasteiger partial charge in [0.15, 0.2) is 0 Å². The zero-order valence-electron chi connectivity index (χ0n) is 18.2. The van der Waals surface area contributed by atoms with E-state index < -0.39 is 0 Å². The van der Waals surface area contributed by atoms with E-state index in [2.05, 4.69) is 24.5 Å². The van der Waals surface area contributed by atoms with Crippen molar-refractivity contribution in [3.05, 3.63) is 94.8 Å². The van der Waals surface area contributed by atoms with Gasteiger partial charge in [0.2, 0.25) is 0 Å². The summed E-state index contributed by atoms with van der Waals surface area (Å²) in [5, 5.41) is 6.45. The number of halogens is 1. The zero-order valence-corrected chi connectivity index (χ0v) is 18.2. The lowest BCUT2D eigenvalue weighted by molar-refractivity contribution is 0.0600. The summed E-state index contributed by atoms with van der Waals surface area (Å²) in [6.45, 7) is 4.37. The molecule has 3 aromatic rings. The van der Waals surface area contributed by atoms with Gasteiger partial charge in [0.05, 0.1) is 18.7 Å². The SMILES string of the molecule is COC(=O)c1ccc2c(c1)CC(C)(C)C(c1ccc(NC(=O)c3ccc(F)cc3)cc1)N2. The van der Waals surface area contributed by atoms with Crippen molar-refractivity contribution in [2.24, 2.45) is 5.41 Å². The van der Waals surface area contributed by atoms with Crippen molar-refractivity contribution >= 4 is 23.3 Å². The van der Waals surface area contributed by atoms with Gasteiger partial charge in [0.1, 0.15) is 5.82 Å². The summed E-state index contributed by atoms with van der Waals surface area (Å²) in [4.78, 5) is 24.2. The van der Waals surface area contributed by atoms with Crippen molar-refractivity contribution in [1.82, 2.24) is 0 Å². The van der Waals surface area contributed by atoms with Crippen LogP contribution >= 0.6 is 0 Å². The highest BCUT2D eigenvalue weighted by Crippen LogP contribution is 2.45. The molecule has 1 amide bonds. The van der Waals surface area contributed by atoms with Gasteiger partial charge in [-0.1, -0.05) is 26.0 Å². The number of ether oxygens (including phenoxy) is 1.